The average molecular weight is 434 g/mol. The van der Waals surface area contributed by atoms with Crippen LogP contribution in [0.1, 0.15) is 6.23 Å². The highest BCUT2D eigenvalue weighted by Gasteiger charge is 2.45. The molecule has 1 aliphatic rings. The Labute approximate surface area is 162 Å². The maximum Gasteiger partial charge on any atom is 0.469 e. The van der Waals surface area contributed by atoms with Crippen LogP contribution in [0, 0.1) is 0 Å². The third-order valence-electron chi connectivity index (χ3n) is 4.44. The molecule has 0 unspecified atom stereocenters. The van der Waals surface area contributed by atoms with E-state index in [9.17, 15) is 24.4 Å². The van der Waals surface area contributed by atoms with E-state index in [4.69, 9.17) is 24.0 Å². The first kappa shape index (κ1) is 21.5. The molecule has 0 amide bonds. The molecule has 13 nitrogen and oxygen atoms in total. The maximum atomic E-state index is 12.5. The van der Waals surface area contributed by atoms with Crippen LogP contribution in [0.25, 0.3) is 10.9 Å². The molecule has 3 rings (SSSR count). The largest absolute Gasteiger partial charge is 0.493 e. The lowest BCUT2D eigenvalue weighted by Gasteiger charge is -2.20. The zero-order valence-corrected chi connectivity index (χ0v) is 16.1. The van der Waals surface area contributed by atoms with E-state index < -0.39 is 50.2 Å². The van der Waals surface area contributed by atoms with E-state index in [1.807, 2.05) is 0 Å². The van der Waals surface area contributed by atoms with E-state index in [0.29, 0.717) is 0 Å². The van der Waals surface area contributed by atoms with Gasteiger partial charge in [0.25, 0.3) is 5.56 Å². The van der Waals surface area contributed by atoms with Gasteiger partial charge in [-0.15, -0.1) is 0 Å². The summed E-state index contributed by atoms with van der Waals surface area (Å²) < 4.78 is 31.8. The molecule has 29 heavy (non-hydrogen) atoms. The van der Waals surface area contributed by atoms with Crippen molar-refractivity contribution >= 4 is 18.7 Å². The summed E-state index contributed by atoms with van der Waals surface area (Å²) in [5, 5.41) is 20.5. The summed E-state index contributed by atoms with van der Waals surface area (Å²) in [4.78, 5) is 44.4. The zero-order chi connectivity index (χ0) is 21.5. The van der Waals surface area contributed by atoms with Crippen molar-refractivity contribution in [1.29, 1.82) is 0 Å². The van der Waals surface area contributed by atoms with Gasteiger partial charge in [0.05, 0.1) is 31.7 Å². The van der Waals surface area contributed by atoms with Crippen molar-refractivity contribution in [2.45, 2.75) is 24.5 Å². The minimum absolute atomic E-state index is 0.0162. The number of phosphoric ester groups is 1. The number of hydrogen-bond acceptors (Lipinski definition) is 9. The fraction of sp³-hybridized carbons (Fsp3) is 0.467. The van der Waals surface area contributed by atoms with E-state index in [1.54, 1.807) is 0 Å². The van der Waals surface area contributed by atoms with Crippen LogP contribution in [0.4, 0.5) is 0 Å². The highest BCUT2D eigenvalue weighted by atomic mass is 31.2. The fourth-order valence-electron chi connectivity index (χ4n) is 3.09. The van der Waals surface area contributed by atoms with Gasteiger partial charge in [-0.3, -0.25) is 18.9 Å². The van der Waals surface area contributed by atoms with Crippen molar-refractivity contribution in [3.05, 3.63) is 33.0 Å². The number of rotatable bonds is 6. The molecule has 0 spiro atoms. The van der Waals surface area contributed by atoms with Gasteiger partial charge < -0.3 is 34.2 Å². The van der Waals surface area contributed by atoms with Gasteiger partial charge in [0.1, 0.15) is 18.3 Å². The predicted molar refractivity (Wildman–Crippen MR) is 95.9 cm³/mol. The molecule has 0 saturated carbocycles. The number of methoxy groups -OCH3 is 2. The predicted octanol–water partition coefficient (Wildman–Crippen LogP) is -1.56. The lowest BCUT2D eigenvalue weighted by Crippen LogP contribution is -2.38. The molecule has 1 aromatic heterocycles. The molecule has 2 aromatic rings. The Bertz CT molecular complexity index is 1070. The number of aromatic nitrogens is 2. The summed E-state index contributed by atoms with van der Waals surface area (Å²) in [5.41, 5.74) is -1.65. The number of nitrogens with one attached hydrogen (secondary N) is 1. The summed E-state index contributed by atoms with van der Waals surface area (Å²) in [6.07, 6.45) is -6.13. The SMILES string of the molecule is COc1cc2c(=O)[nH]c(=O)n([C@@H]3O[C@H](COP(=O)(O)O)[C@@H](O)[C@H]3O)c2cc1OC. The molecule has 0 aliphatic carbocycles. The van der Waals surface area contributed by atoms with Gasteiger partial charge in [0, 0.05) is 6.07 Å². The van der Waals surface area contributed by atoms with Crippen LogP contribution in [-0.2, 0) is 13.8 Å². The second kappa shape index (κ2) is 7.88. The van der Waals surface area contributed by atoms with Gasteiger partial charge in [0.2, 0.25) is 0 Å². The zero-order valence-electron chi connectivity index (χ0n) is 15.2. The summed E-state index contributed by atoms with van der Waals surface area (Å²) in [7, 11) is -2.14. The third kappa shape index (κ3) is 4.07. The highest BCUT2D eigenvalue weighted by molar-refractivity contribution is 7.46. The van der Waals surface area contributed by atoms with Gasteiger partial charge in [-0.2, -0.15) is 0 Å². The Balaban J connectivity index is 2.10. The number of nitrogens with zero attached hydrogens (tertiary/aromatic N) is 1. The number of phosphoric acid groups is 1. The van der Waals surface area contributed by atoms with Crippen molar-refractivity contribution in [2.24, 2.45) is 0 Å². The standard InChI is InChI=1S/C15H19N2O11P/c1-25-8-3-6-7(4-9(8)26-2)17(15(21)16-13(6)20)14-12(19)11(18)10(28-14)5-27-29(22,23)24/h3-4,10-12,14,18-19H,5H2,1-2H3,(H,16,20,21)(H2,22,23,24)/t10-,11-,12-,14-/m1/s1. The topological polar surface area (TPSA) is 190 Å². The third-order valence-corrected chi connectivity index (χ3v) is 4.93. The minimum Gasteiger partial charge on any atom is -0.493 e. The first-order valence-electron chi connectivity index (χ1n) is 8.19. The van der Waals surface area contributed by atoms with E-state index in [0.717, 1.165) is 4.57 Å². The van der Waals surface area contributed by atoms with Crippen LogP contribution in [0.15, 0.2) is 21.7 Å². The number of H-pyrrole nitrogens is 1. The molecule has 160 valence electrons. The maximum absolute atomic E-state index is 12.5. The molecular weight excluding hydrogens is 415 g/mol. The summed E-state index contributed by atoms with van der Waals surface area (Å²) in [5.74, 6) is 0.407. The van der Waals surface area contributed by atoms with Gasteiger partial charge in [-0.1, -0.05) is 0 Å². The quantitative estimate of drug-likeness (QED) is 0.330. The number of ether oxygens (including phenoxy) is 3. The lowest BCUT2D eigenvalue weighted by atomic mass is 10.1. The summed E-state index contributed by atoms with van der Waals surface area (Å²) in [6, 6.07) is 2.65. The van der Waals surface area contributed by atoms with Gasteiger partial charge in [-0.25, -0.2) is 9.36 Å². The molecule has 1 fully saturated rings. The average Bonchev–Trinajstić information content (AvgIpc) is 2.93. The van der Waals surface area contributed by atoms with Crippen molar-refractivity contribution < 1.29 is 43.3 Å². The Morgan fingerprint density at radius 1 is 1.14 bits per heavy atom. The van der Waals surface area contributed by atoms with Crippen molar-refractivity contribution in [2.75, 3.05) is 20.8 Å². The molecule has 2 heterocycles. The summed E-state index contributed by atoms with van der Waals surface area (Å²) in [6.45, 7) is -0.744. The van der Waals surface area contributed by atoms with Gasteiger partial charge in [-0.05, 0) is 6.07 Å². The first-order chi connectivity index (χ1) is 13.6. The number of hydrogen-bond donors (Lipinski definition) is 5. The molecule has 1 aromatic carbocycles. The second-order valence-electron chi connectivity index (χ2n) is 6.19. The van der Waals surface area contributed by atoms with Gasteiger partial charge in [0.15, 0.2) is 17.7 Å². The Morgan fingerprint density at radius 2 is 1.76 bits per heavy atom. The number of aliphatic hydroxyl groups is 2. The van der Waals surface area contributed by atoms with Crippen LogP contribution >= 0.6 is 7.82 Å². The number of aromatic amines is 1. The number of fused-ring (bicyclic) bond motifs is 1. The van der Waals surface area contributed by atoms with Crippen LogP contribution in [-0.4, -0.2) is 68.7 Å². The second-order valence-corrected chi connectivity index (χ2v) is 7.43. The van der Waals surface area contributed by atoms with E-state index in [-0.39, 0.29) is 22.4 Å². The Hall–Kier alpha value is -2.25. The molecule has 5 N–H and O–H groups in total. The van der Waals surface area contributed by atoms with Gasteiger partial charge >= 0.3 is 13.5 Å². The van der Waals surface area contributed by atoms with E-state index >= 15 is 0 Å². The van der Waals surface area contributed by atoms with Crippen LogP contribution in [0.2, 0.25) is 0 Å². The van der Waals surface area contributed by atoms with E-state index in [1.165, 1.54) is 26.4 Å². The molecule has 0 radical (unpaired) electrons. The molecule has 1 aliphatic heterocycles. The number of benzene rings is 1. The number of aliphatic hydroxyl groups excluding tert-OH is 2. The molecule has 4 atom stereocenters. The van der Waals surface area contributed by atoms with Crippen molar-refractivity contribution in [3.63, 3.8) is 0 Å². The van der Waals surface area contributed by atoms with Crippen LogP contribution < -0.4 is 20.7 Å². The minimum atomic E-state index is -4.85. The molecule has 0 bridgehead atoms. The molecular formula is C15H19N2O11P. The van der Waals surface area contributed by atoms with E-state index in [2.05, 4.69) is 9.51 Å². The molecule has 14 heteroatoms. The summed E-state index contributed by atoms with van der Waals surface area (Å²) >= 11 is 0. The Kier molecular flexibility index (Phi) is 5.83. The lowest BCUT2D eigenvalue weighted by molar-refractivity contribution is -0.0520. The Morgan fingerprint density at radius 3 is 2.34 bits per heavy atom. The van der Waals surface area contributed by atoms with Crippen LogP contribution in [0.5, 0.6) is 11.5 Å². The fourth-order valence-corrected chi connectivity index (χ4v) is 3.43. The normalized spacial score (nSPS) is 24.8. The molecule has 1 saturated heterocycles. The first-order valence-corrected chi connectivity index (χ1v) is 9.72. The monoisotopic (exact) mass is 434 g/mol. The van der Waals surface area contributed by atoms with Crippen LogP contribution in [0.3, 0.4) is 0 Å². The highest BCUT2D eigenvalue weighted by Crippen LogP contribution is 2.39. The van der Waals surface area contributed by atoms with Crippen molar-refractivity contribution in [3.8, 4) is 11.5 Å². The smallest absolute Gasteiger partial charge is 0.469 e. The van der Waals surface area contributed by atoms with Crippen molar-refractivity contribution in [1.82, 2.24) is 9.55 Å².